The van der Waals surface area contributed by atoms with E-state index < -0.39 is 0 Å². The highest BCUT2D eigenvalue weighted by Crippen LogP contribution is 2.20. The van der Waals surface area contributed by atoms with Crippen molar-refractivity contribution in [3.63, 3.8) is 0 Å². The quantitative estimate of drug-likeness (QED) is 0.857. The third-order valence-corrected chi connectivity index (χ3v) is 3.81. The first kappa shape index (κ1) is 19.5. The van der Waals surface area contributed by atoms with E-state index in [1.807, 2.05) is 52.8 Å². The number of hydrogen-bond donors (Lipinski definition) is 2. The summed E-state index contributed by atoms with van der Waals surface area (Å²) in [5, 5.41) is 5.66. The van der Waals surface area contributed by atoms with Crippen LogP contribution < -0.4 is 15.4 Å². The summed E-state index contributed by atoms with van der Waals surface area (Å²) in [6.07, 6.45) is 0. The zero-order chi connectivity index (χ0) is 19.3. The average molecular weight is 354 g/mol. The first-order valence-corrected chi connectivity index (χ1v) is 8.57. The van der Waals surface area contributed by atoms with Crippen LogP contribution >= 0.6 is 0 Å². The fourth-order valence-corrected chi connectivity index (χ4v) is 2.37. The van der Waals surface area contributed by atoms with Crippen molar-refractivity contribution >= 4 is 17.5 Å². The highest BCUT2D eigenvalue weighted by molar-refractivity contribution is 5.97. The molecular formula is C21H26N2O3. The Bertz CT molecular complexity index is 807. The van der Waals surface area contributed by atoms with Crippen LogP contribution in [0.25, 0.3) is 0 Å². The minimum atomic E-state index is -0.324. The van der Waals surface area contributed by atoms with Gasteiger partial charge in [0.1, 0.15) is 5.75 Å². The number of anilines is 1. The maximum absolute atomic E-state index is 12.2. The van der Waals surface area contributed by atoms with Gasteiger partial charge in [0, 0.05) is 16.8 Å². The van der Waals surface area contributed by atoms with Crippen molar-refractivity contribution in [2.45, 2.75) is 40.2 Å². The highest BCUT2D eigenvalue weighted by Gasteiger charge is 2.15. The molecule has 0 saturated carbocycles. The van der Waals surface area contributed by atoms with Gasteiger partial charge < -0.3 is 15.4 Å². The summed E-state index contributed by atoms with van der Waals surface area (Å²) in [4.78, 5) is 24.4. The fraction of sp³-hybridized carbons (Fsp3) is 0.333. The van der Waals surface area contributed by atoms with E-state index in [4.69, 9.17) is 4.74 Å². The van der Waals surface area contributed by atoms with Gasteiger partial charge in [-0.1, -0.05) is 18.2 Å². The lowest BCUT2D eigenvalue weighted by molar-refractivity contribution is -0.118. The Morgan fingerprint density at radius 1 is 1.04 bits per heavy atom. The molecular weight excluding hydrogens is 328 g/mol. The van der Waals surface area contributed by atoms with Crippen LogP contribution in [-0.2, 0) is 4.79 Å². The van der Waals surface area contributed by atoms with Crippen molar-refractivity contribution in [3.05, 3.63) is 59.2 Å². The van der Waals surface area contributed by atoms with E-state index in [2.05, 4.69) is 10.6 Å². The largest absolute Gasteiger partial charge is 0.483 e. The number of carbonyl (C=O) groups is 2. The normalized spacial score (nSPS) is 11.0. The van der Waals surface area contributed by atoms with Crippen LogP contribution in [-0.4, -0.2) is 24.0 Å². The lowest BCUT2D eigenvalue weighted by Crippen LogP contribution is -2.40. The van der Waals surface area contributed by atoms with E-state index in [-0.39, 0.29) is 24.0 Å². The lowest BCUT2D eigenvalue weighted by atomic mass is 10.1. The molecule has 0 aliphatic carbocycles. The number of nitrogens with one attached hydrogen (secondary N) is 2. The molecule has 0 aliphatic rings. The van der Waals surface area contributed by atoms with E-state index in [1.54, 1.807) is 24.3 Å². The molecule has 138 valence electrons. The van der Waals surface area contributed by atoms with Crippen LogP contribution in [0.4, 0.5) is 5.69 Å². The average Bonchev–Trinajstić information content (AvgIpc) is 2.55. The lowest BCUT2D eigenvalue weighted by Gasteiger charge is -2.20. The van der Waals surface area contributed by atoms with Crippen molar-refractivity contribution in [2.24, 2.45) is 0 Å². The minimum absolute atomic E-state index is 0.0945. The number of carbonyl (C=O) groups excluding carboxylic acids is 2. The third kappa shape index (κ3) is 5.62. The molecule has 2 rings (SSSR count). The molecule has 5 heteroatoms. The van der Waals surface area contributed by atoms with Crippen molar-refractivity contribution in [2.75, 3.05) is 11.9 Å². The number of benzene rings is 2. The molecule has 2 N–H and O–H groups in total. The molecule has 2 aromatic carbocycles. The topological polar surface area (TPSA) is 67.4 Å². The minimum Gasteiger partial charge on any atom is -0.483 e. The van der Waals surface area contributed by atoms with Crippen LogP contribution in [0.15, 0.2) is 42.5 Å². The Labute approximate surface area is 154 Å². The van der Waals surface area contributed by atoms with Crippen molar-refractivity contribution < 1.29 is 14.3 Å². The van der Waals surface area contributed by atoms with E-state index in [0.717, 1.165) is 11.1 Å². The number of hydrogen-bond acceptors (Lipinski definition) is 3. The molecule has 0 radical (unpaired) electrons. The molecule has 0 aromatic heterocycles. The molecule has 0 atom stereocenters. The maximum Gasteiger partial charge on any atom is 0.262 e. The van der Waals surface area contributed by atoms with Crippen LogP contribution in [0.2, 0.25) is 0 Å². The number of ether oxygens (including phenoxy) is 1. The van der Waals surface area contributed by atoms with Crippen LogP contribution in [0.3, 0.4) is 0 Å². The predicted molar refractivity (Wildman–Crippen MR) is 104 cm³/mol. The third-order valence-electron chi connectivity index (χ3n) is 3.81. The van der Waals surface area contributed by atoms with Gasteiger partial charge in [-0.2, -0.15) is 0 Å². The molecule has 0 saturated heterocycles. The monoisotopic (exact) mass is 354 g/mol. The summed E-state index contributed by atoms with van der Waals surface area (Å²) in [5.41, 5.74) is 2.85. The summed E-state index contributed by atoms with van der Waals surface area (Å²) >= 11 is 0. The zero-order valence-corrected chi connectivity index (χ0v) is 16.0. The molecule has 2 amide bonds. The summed E-state index contributed by atoms with van der Waals surface area (Å²) in [5.74, 6) is 0.234. The molecule has 0 bridgehead atoms. The first-order valence-electron chi connectivity index (χ1n) is 8.57. The van der Waals surface area contributed by atoms with E-state index in [0.29, 0.717) is 17.0 Å². The highest BCUT2D eigenvalue weighted by atomic mass is 16.5. The summed E-state index contributed by atoms with van der Waals surface area (Å²) < 4.78 is 5.60. The van der Waals surface area contributed by atoms with Crippen molar-refractivity contribution in [1.29, 1.82) is 0 Å². The molecule has 0 aliphatic heterocycles. The smallest absolute Gasteiger partial charge is 0.262 e. The molecule has 0 fully saturated rings. The second-order valence-corrected chi connectivity index (χ2v) is 7.32. The Hall–Kier alpha value is -2.82. The summed E-state index contributed by atoms with van der Waals surface area (Å²) in [6, 6.07) is 12.6. The van der Waals surface area contributed by atoms with E-state index >= 15 is 0 Å². The zero-order valence-electron chi connectivity index (χ0n) is 16.0. The predicted octanol–water partition coefficient (Wildman–Crippen LogP) is 3.85. The number of amides is 2. The van der Waals surface area contributed by atoms with E-state index in [1.165, 1.54) is 0 Å². The Morgan fingerprint density at radius 3 is 2.42 bits per heavy atom. The second kappa shape index (κ2) is 8.04. The van der Waals surface area contributed by atoms with Gasteiger partial charge in [-0.15, -0.1) is 0 Å². The van der Waals surface area contributed by atoms with E-state index in [9.17, 15) is 9.59 Å². The second-order valence-electron chi connectivity index (χ2n) is 7.32. The SMILES string of the molecule is Cc1cccc(OCC(=O)Nc2cccc(C(=O)NC(C)(C)C)c2)c1C. The molecule has 0 heterocycles. The van der Waals surface area contributed by atoms with Crippen molar-refractivity contribution in [1.82, 2.24) is 5.32 Å². The molecule has 5 nitrogen and oxygen atoms in total. The van der Waals surface area contributed by atoms with Gasteiger partial charge in [-0.25, -0.2) is 0 Å². The van der Waals surface area contributed by atoms with Gasteiger partial charge in [-0.05, 0) is 70.0 Å². The van der Waals surface area contributed by atoms with Crippen LogP contribution in [0, 0.1) is 13.8 Å². The van der Waals surface area contributed by atoms with Crippen LogP contribution in [0.1, 0.15) is 42.3 Å². The standard InChI is InChI=1S/C21H26N2O3/c1-14-8-6-11-18(15(14)2)26-13-19(24)22-17-10-7-9-16(12-17)20(25)23-21(3,4)5/h6-12H,13H2,1-5H3,(H,22,24)(H,23,25). The number of aryl methyl sites for hydroxylation is 1. The van der Waals surface area contributed by atoms with Gasteiger partial charge in [0.05, 0.1) is 0 Å². The van der Waals surface area contributed by atoms with Crippen molar-refractivity contribution in [3.8, 4) is 5.75 Å². The number of rotatable bonds is 5. The fourth-order valence-electron chi connectivity index (χ4n) is 2.37. The molecule has 0 spiro atoms. The van der Waals surface area contributed by atoms with Gasteiger partial charge in [0.2, 0.25) is 0 Å². The Balaban J connectivity index is 1.98. The molecule has 0 unspecified atom stereocenters. The Morgan fingerprint density at radius 2 is 1.73 bits per heavy atom. The van der Waals surface area contributed by atoms with Gasteiger partial charge in [0.25, 0.3) is 11.8 Å². The maximum atomic E-state index is 12.2. The van der Waals surface area contributed by atoms with Crippen LogP contribution in [0.5, 0.6) is 5.75 Å². The van der Waals surface area contributed by atoms with Gasteiger partial charge in [0.15, 0.2) is 6.61 Å². The van der Waals surface area contributed by atoms with Gasteiger partial charge in [-0.3, -0.25) is 9.59 Å². The molecule has 26 heavy (non-hydrogen) atoms. The van der Waals surface area contributed by atoms with Gasteiger partial charge >= 0.3 is 0 Å². The molecule has 2 aromatic rings. The summed E-state index contributed by atoms with van der Waals surface area (Å²) in [6.45, 7) is 9.61. The first-order chi connectivity index (χ1) is 12.2. The Kier molecular flexibility index (Phi) is 6.03. The summed E-state index contributed by atoms with van der Waals surface area (Å²) in [7, 11) is 0.